The molecule has 1 aromatic carbocycles. The van der Waals surface area contributed by atoms with Gasteiger partial charge < -0.3 is 5.32 Å². The standard InChI is InChI=1S/C10H10BrF2N/c11-9-7(2-1-3-8(9)12)4-10(13)5-14-6-10/h1-3,14H,4-6H2. The van der Waals surface area contributed by atoms with E-state index in [1.807, 2.05) is 0 Å². The Morgan fingerprint density at radius 2 is 2.14 bits per heavy atom. The maximum absolute atomic E-state index is 13.7. The molecule has 1 heterocycles. The first kappa shape index (κ1) is 10.1. The first-order chi connectivity index (χ1) is 6.61. The normalized spacial score (nSPS) is 19.1. The molecule has 0 bridgehead atoms. The van der Waals surface area contributed by atoms with Gasteiger partial charge in [0.2, 0.25) is 0 Å². The fourth-order valence-corrected chi connectivity index (χ4v) is 1.95. The topological polar surface area (TPSA) is 12.0 Å². The highest BCUT2D eigenvalue weighted by Crippen LogP contribution is 2.28. The molecule has 14 heavy (non-hydrogen) atoms. The van der Waals surface area contributed by atoms with Crippen molar-refractivity contribution in [2.75, 3.05) is 13.1 Å². The molecular weight excluding hydrogens is 252 g/mol. The fourth-order valence-electron chi connectivity index (χ4n) is 1.55. The van der Waals surface area contributed by atoms with E-state index in [1.165, 1.54) is 6.07 Å². The van der Waals surface area contributed by atoms with Gasteiger partial charge in [0.1, 0.15) is 11.5 Å². The molecule has 1 fully saturated rings. The molecule has 0 unspecified atom stereocenters. The first-order valence-electron chi connectivity index (χ1n) is 4.43. The molecule has 0 aromatic heterocycles. The molecule has 1 saturated heterocycles. The van der Waals surface area contributed by atoms with Crippen LogP contribution >= 0.6 is 15.9 Å². The number of halogens is 3. The van der Waals surface area contributed by atoms with E-state index in [9.17, 15) is 8.78 Å². The second-order valence-electron chi connectivity index (χ2n) is 3.64. The van der Waals surface area contributed by atoms with Crippen LogP contribution < -0.4 is 5.32 Å². The van der Waals surface area contributed by atoms with Crippen LogP contribution in [0.2, 0.25) is 0 Å². The van der Waals surface area contributed by atoms with Gasteiger partial charge in [0.15, 0.2) is 0 Å². The summed E-state index contributed by atoms with van der Waals surface area (Å²) in [6.07, 6.45) is 0.262. The lowest BCUT2D eigenvalue weighted by atomic mass is 9.91. The van der Waals surface area contributed by atoms with Gasteiger partial charge in [-0.25, -0.2) is 8.78 Å². The van der Waals surface area contributed by atoms with E-state index in [2.05, 4.69) is 21.2 Å². The van der Waals surface area contributed by atoms with Crippen molar-refractivity contribution in [2.24, 2.45) is 0 Å². The smallest absolute Gasteiger partial charge is 0.139 e. The second-order valence-corrected chi connectivity index (χ2v) is 4.44. The maximum atomic E-state index is 13.7. The predicted molar refractivity (Wildman–Crippen MR) is 54.5 cm³/mol. The molecule has 1 N–H and O–H groups in total. The highest BCUT2D eigenvalue weighted by molar-refractivity contribution is 9.10. The summed E-state index contributed by atoms with van der Waals surface area (Å²) in [7, 11) is 0. The number of hydrogen-bond acceptors (Lipinski definition) is 1. The molecular formula is C10H10BrF2N. The highest BCUT2D eigenvalue weighted by Gasteiger charge is 2.37. The van der Waals surface area contributed by atoms with Gasteiger partial charge >= 0.3 is 0 Å². The molecule has 0 spiro atoms. The summed E-state index contributed by atoms with van der Waals surface area (Å²) in [4.78, 5) is 0. The van der Waals surface area contributed by atoms with E-state index in [-0.39, 0.29) is 12.2 Å². The lowest BCUT2D eigenvalue weighted by Gasteiger charge is -2.35. The van der Waals surface area contributed by atoms with Crippen molar-refractivity contribution in [3.63, 3.8) is 0 Å². The monoisotopic (exact) mass is 261 g/mol. The van der Waals surface area contributed by atoms with Crippen molar-refractivity contribution < 1.29 is 8.78 Å². The first-order valence-corrected chi connectivity index (χ1v) is 5.23. The van der Waals surface area contributed by atoms with Gasteiger partial charge in [0.25, 0.3) is 0 Å². The van der Waals surface area contributed by atoms with Crippen LogP contribution in [0.4, 0.5) is 8.78 Å². The molecule has 0 amide bonds. The van der Waals surface area contributed by atoms with Crippen molar-refractivity contribution in [1.29, 1.82) is 0 Å². The zero-order valence-corrected chi connectivity index (χ0v) is 9.07. The minimum atomic E-state index is -1.20. The van der Waals surface area contributed by atoms with E-state index >= 15 is 0 Å². The summed E-state index contributed by atoms with van der Waals surface area (Å²) in [5.74, 6) is -0.335. The molecule has 76 valence electrons. The van der Waals surface area contributed by atoms with Crippen LogP contribution in [0, 0.1) is 5.82 Å². The van der Waals surface area contributed by atoms with Crippen molar-refractivity contribution in [1.82, 2.24) is 5.32 Å². The van der Waals surface area contributed by atoms with Gasteiger partial charge in [-0.1, -0.05) is 12.1 Å². The van der Waals surface area contributed by atoms with Crippen molar-refractivity contribution >= 4 is 15.9 Å². The Morgan fingerprint density at radius 1 is 1.43 bits per heavy atom. The molecule has 0 atom stereocenters. The third-order valence-electron chi connectivity index (χ3n) is 2.42. The van der Waals surface area contributed by atoms with Crippen molar-refractivity contribution in [3.8, 4) is 0 Å². The summed E-state index contributed by atoms with van der Waals surface area (Å²) in [6.45, 7) is 0.714. The third-order valence-corrected chi connectivity index (χ3v) is 3.31. The summed E-state index contributed by atoms with van der Waals surface area (Å²) < 4.78 is 27.2. The highest BCUT2D eigenvalue weighted by atomic mass is 79.9. The van der Waals surface area contributed by atoms with Crippen LogP contribution in [0.1, 0.15) is 5.56 Å². The van der Waals surface area contributed by atoms with Gasteiger partial charge in [0.05, 0.1) is 4.47 Å². The lowest BCUT2D eigenvalue weighted by Crippen LogP contribution is -2.57. The maximum Gasteiger partial charge on any atom is 0.139 e. The van der Waals surface area contributed by atoms with Crippen molar-refractivity contribution in [2.45, 2.75) is 12.1 Å². The number of nitrogens with one attached hydrogen (secondary N) is 1. The van der Waals surface area contributed by atoms with Gasteiger partial charge in [-0.15, -0.1) is 0 Å². The Labute approximate surface area is 89.6 Å². The lowest BCUT2D eigenvalue weighted by molar-refractivity contribution is 0.0909. The minimum Gasteiger partial charge on any atom is -0.310 e. The van der Waals surface area contributed by atoms with Crippen LogP contribution in [0.15, 0.2) is 22.7 Å². The van der Waals surface area contributed by atoms with E-state index in [4.69, 9.17) is 0 Å². The van der Waals surface area contributed by atoms with Crippen LogP contribution in [-0.2, 0) is 6.42 Å². The number of benzene rings is 1. The number of rotatable bonds is 2. The van der Waals surface area contributed by atoms with Gasteiger partial charge in [-0.3, -0.25) is 0 Å². The van der Waals surface area contributed by atoms with Gasteiger partial charge in [-0.05, 0) is 27.6 Å². The summed E-state index contributed by atoms with van der Waals surface area (Å²) >= 11 is 3.12. The van der Waals surface area contributed by atoms with Gasteiger partial charge in [0, 0.05) is 19.5 Å². The van der Waals surface area contributed by atoms with E-state index in [0.717, 1.165) is 0 Å². The summed E-state index contributed by atoms with van der Waals surface area (Å²) in [6, 6.07) is 4.70. The Kier molecular flexibility index (Phi) is 2.58. The largest absolute Gasteiger partial charge is 0.310 e. The third kappa shape index (κ3) is 1.81. The van der Waals surface area contributed by atoms with Gasteiger partial charge in [-0.2, -0.15) is 0 Å². The van der Waals surface area contributed by atoms with E-state index < -0.39 is 5.67 Å². The molecule has 0 aliphatic carbocycles. The number of hydrogen-bond donors (Lipinski definition) is 1. The minimum absolute atomic E-state index is 0.262. The molecule has 1 nitrogen and oxygen atoms in total. The zero-order chi connectivity index (χ0) is 10.2. The second kappa shape index (κ2) is 3.59. The SMILES string of the molecule is Fc1cccc(CC2(F)CNC2)c1Br. The molecule has 2 rings (SSSR count). The molecule has 4 heteroatoms. The molecule has 1 aromatic rings. The van der Waals surface area contributed by atoms with Crippen LogP contribution in [-0.4, -0.2) is 18.8 Å². The quantitative estimate of drug-likeness (QED) is 0.863. The Balaban J connectivity index is 2.20. The van der Waals surface area contributed by atoms with Crippen LogP contribution in [0.25, 0.3) is 0 Å². The molecule has 0 saturated carbocycles. The average Bonchev–Trinajstić information content (AvgIpc) is 2.10. The van der Waals surface area contributed by atoms with Crippen LogP contribution in [0.5, 0.6) is 0 Å². The Bertz CT molecular complexity index is 350. The molecule has 1 aliphatic heterocycles. The number of alkyl halides is 1. The van der Waals surface area contributed by atoms with E-state index in [1.54, 1.807) is 12.1 Å². The summed E-state index contributed by atoms with van der Waals surface area (Å²) in [5.41, 5.74) is -0.509. The molecule has 1 aliphatic rings. The Hall–Kier alpha value is -0.480. The fraction of sp³-hybridized carbons (Fsp3) is 0.400. The summed E-state index contributed by atoms with van der Waals surface area (Å²) in [5, 5.41) is 2.87. The molecule has 0 radical (unpaired) electrons. The Morgan fingerprint density at radius 3 is 2.71 bits per heavy atom. The predicted octanol–water partition coefficient (Wildman–Crippen LogP) is 2.44. The van der Waals surface area contributed by atoms with E-state index in [0.29, 0.717) is 23.1 Å². The zero-order valence-electron chi connectivity index (χ0n) is 7.49. The van der Waals surface area contributed by atoms with Crippen molar-refractivity contribution in [3.05, 3.63) is 34.1 Å². The van der Waals surface area contributed by atoms with Crippen LogP contribution in [0.3, 0.4) is 0 Å². The average molecular weight is 262 g/mol.